The van der Waals surface area contributed by atoms with Gasteiger partial charge in [0.1, 0.15) is 17.6 Å². The lowest BCUT2D eigenvalue weighted by molar-refractivity contribution is -0.110. The maximum absolute atomic E-state index is 10.5. The summed E-state index contributed by atoms with van der Waals surface area (Å²) in [6.07, 6.45) is 1.63. The summed E-state index contributed by atoms with van der Waals surface area (Å²) in [6, 6.07) is 8.11. The Balaban J connectivity index is 2.34. The standard InChI is InChI=1S/C13H14O2/c1-9-3-4-13-11(5-9)7-12(15-13)6-10(2)8-14/h3-5,7-8,10H,6H2,1-2H3. The average molecular weight is 202 g/mol. The van der Waals surface area contributed by atoms with Gasteiger partial charge in [-0.25, -0.2) is 0 Å². The molecule has 1 aromatic heterocycles. The summed E-state index contributed by atoms with van der Waals surface area (Å²) in [7, 11) is 0. The predicted octanol–water partition coefficient (Wildman–Crippen LogP) is 3.12. The molecule has 78 valence electrons. The van der Waals surface area contributed by atoms with Crippen molar-refractivity contribution in [1.82, 2.24) is 0 Å². The SMILES string of the molecule is Cc1ccc2oc(CC(C)C=O)cc2c1. The van der Waals surface area contributed by atoms with E-state index in [1.165, 1.54) is 5.56 Å². The van der Waals surface area contributed by atoms with Crippen molar-refractivity contribution in [3.05, 3.63) is 35.6 Å². The normalized spacial score (nSPS) is 12.9. The second-order valence-electron chi connectivity index (χ2n) is 4.07. The summed E-state index contributed by atoms with van der Waals surface area (Å²) in [5, 5.41) is 1.11. The Hall–Kier alpha value is -1.57. The summed E-state index contributed by atoms with van der Waals surface area (Å²) < 4.78 is 5.64. The number of benzene rings is 1. The Morgan fingerprint density at radius 3 is 2.93 bits per heavy atom. The van der Waals surface area contributed by atoms with Gasteiger partial charge in [0, 0.05) is 17.7 Å². The number of fused-ring (bicyclic) bond motifs is 1. The molecule has 0 aliphatic carbocycles. The van der Waals surface area contributed by atoms with Crippen LogP contribution < -0.4 is 0 Å². The van der Waals surface area contributed by atoms with E-state index in [9.17, 15) is 4.79 Å². The second-order valence-corrected chi connectivity index (χ2v) is 4.07. The molecule has 2 rings (SSSR count). The van der Waals surface area contributed by atoms with Gasteiger partial charge in [0.15, 0.2) is 0 Å². The van der Waals surface area contributed by atoms with Crippen LogP contribution in [0.4, 0.5) is 0 Å². The minimum Gasteiger partial charge on any atom is -0.461 e. The molecular weight excluding hydrogens is 188 g/mol. The van der Waals surface area contributed by atoms with E-state index in [0.717, 1.165) is 23.0 Å². The minimum atomic E-state index is 0.0201. The average Bonchev–Trinajstić information content (AvgIpc) is 2.59. The van der Waals surface area contributed by atoms with Gasteiger partial charge in [-0.3, -0.25) is 0 Å². The number of carbonyl (C=O) groups is 1. The molecule has 0 spiro atoms. The van der Waals surface area contributed by atoms with Crippen LogP contribution in [0.1, 0.15) is 18.2 Å². The van der Waals surface area contributed by atoms with Gasteiger partial charge in [-0.2, -0.15) is 0 Å². The fourth-order valence-electron chi connectivity index (χ4n) is 1.68. The highest BCUT2D eigenvalue weighted by atomic mass is 16.3. The van der Waals surface area contributed by atoms with Gasteiger partial charge in [-0.15, -0.1) is 0 Å². The van der Waals surface area contributed by atoms with E-state index in [4.69, 9.17) is 4.42 Å². The number of furan rings is 1. The lowest BCUT2D eigenvalue weighted by atomic mass is 10.1. The highest BCUT2D eigenvalue weighted by molar-refractivity contribution is 5.78. The minimum absolute atomic E-state index is 0.0201. The number of rotatable bonds is 3. The Bertz CT molecular complexity index is 482. The van der Waals surface area contributed by atoms with Gasteiger partial charge in [-0.1, -0.05) is 18.6 Å². The van der Waals surface area contributed by atoms with Crippen LogP contribution in [-0.4, -0.2) is 6.29 Å². The van der Waals surface area contributed by atoms with Crippen LogP contribution in [0, 0.1) is 12.8 Å². The first-order valence-corrected chi connectivity index (χ1v) is 5.13. The van der Waals surface area contributed by atoms with Crippen molar-refractivity contribution in [1.29, 1.82) is 0 Å². The molecule has 2 aromatic rings. The Kier molecular flexibility index (Phi) is 2.58. The number of hydrogen-bond donors (Lipinski definition) is 0. The molecule has 1 atom stereocenters. The van der Waals surface area contributed by atoms with Crippen molar-refractivity contribution in [2.75, 3.05) is 0 Å². The van der Waals surface area contributed by atoms with Gasteiger partial charge in [0.2, 0.25) is 0 Å². The van der Waals surface area contributed by atoms with E-state index in [2.05, 4.69) is 13.0 Å². The van der Waals surface area contributed by atoms with Crippen molar-refractivity contribution in [3.63, 3.8) is 0 Å². The molecule has 2 heteroatoms. The summed E-state index contributed by atoms with van der Waals surface area (Å²) in [5.41, 5.74) is 2.12. The van der Waals surface area contributed by atoms with E-state index in [1.54, 1.807) is 0 Å². The Morgan fingerprint density at radius 2 is 2.20 bits per heavy atom. The molecule has 0 aliphatic rings. The molecule has 1 unspecified atom stereocenters. The second kappa shape index (κ2) is 3.89. The van der Waals surface area contributed by atoms with Gasteiger partial charge in [0.25, 0.3) is 0 Å². The van der Waals surface area contributed by atoms with Crippen LogP contribution in [0.25, 0.3) is 11.0 Å². The number of carbonyl (C=O) groups excluding carboxylic acids is 1. The molecule has 0 aliphatic heterocycles. The zero-order valence-electron chi connectivity index (χ0n) is 8.99. The zero-order chi connectivity index (χ0) is 10.8. The lowest BCUT2D eigenvalue weighted by Gasteiger charge is -1.97. The molecule has 0 bridgehead atoms. The van der Waals surface area contributed by atoms with E-state index in [0.29, 0.717) is 6.42 Å². The topological polar surface area (TPSA) is 30.2 Å². The van der Waals surface area contributed by atoms with Gasteiger partial charge in [-0.05, 0) is 25.1 Å². The number of aldehydes is 1. The van der Waals surface area contributed by atoms with E-state index < -0.39 is 0 Å². The maximum atomic E-state index is 10.5. The number of aryl methyl sites for hydroxylation is 1. The largest absolute Gasteiger partial charge is 0.461 e. The van der Waals surface area contributed by atoms with Crippen LogP contribution >= 0.6 is 0 Å². The lowest BCUT2D eigenvalue weighted by Crippen LogP contribution is -1.98. The van der Waals surface area contributed by atoms with Gasteiger partial charge >= 0.3 is 0 Å². The van der Waals surface area contributed by atoms with Crippen LogP contribution in [0.2, 0.25) is 0 Å². The fraction of sp³-hybridized carbons (Fsp3) is 0.308. The predicted molar refractivity (Wildman–Crippen MR) is 59.9 cm³/mol. The highest BCUT2D eigenvalue weighted by Crippen LogP contribution is 2.22. The van der Waals surface area contributed by atoms with Gasteiger partial charge in [0.05, 0.1) is 0 Å². The molecule has 0 fully saturated rings. The molecule has 0 radical (unpaired) electrons. The highest BCUT2D eigenvalue weighted by Gasteiger charge is 2.07. The molecule has 2 nitrogen and oxygen atoms in total. The van der Waals surface area contributed by atoms with E-state index in [1.807, 2.05) is 25.1 Å². The molecule has 1 aromatic carbocycles. The van der Waals surface area contributed by atoms with E-state index in [-0.39, 0.29) is 5.92 Å². The third kappa shape index (κ3) is 2.09. The first kappa shape index (κ1) is 9.97. The molecule has 1 heterocycles. The quantitative estimate of drug-likeness (QED) is 0.716. The molecule has 0 saturated carbocycles. The molecule has 0 amide bonds. The third-order valence-electron chi connectivity index (χ3n) is 2.48. The number of hydrogen-bond acceptors (Lipinski definition) is 2. The monoisotopic (exact) mass is 202 g/mol. The molecule has 15 heavy (non-hydrogen) atoms. The molecule has 0 N–H and O–H groups in total. The first-order chi connectivity index (χ1) is 7.19. The Labute approximate surface area is 88.9 Å². The summed E-state index contributed by atoms with van der Waals surface area (Å²) in [4.78, 5) is 10.5. The van der Waals surface area contributed by atoms with Crippen molar-refractivity contribution in [2.45, 2.75) is 20.3 Å². The fourth-order valence-corrected chi connectivity index (χ4v) is 1.68. The third-order valence-corrected chi connectivity index (χ3v) is 2.48. The van der Waals surface area contributed by atoms with Crippen molar-refractivity contribution >= 4 is 17.3 Å². The van der Waals surface area contributed by atoms with Crippen LogP contribution in [0.15, 0.2) is 28.7 Å². The summed E-state index contributed by atoms with van der Waals surface area (Å²) in [6.45, 7) is 3.95. The van der Waals surface area contributed by atoms with Crippen LogP contribution in [-0.2, 0) is 11.2 Å². The Morgan fingerprint density at radius 1 is 1.40 bits per heavy atom. The molecule has 0 saturated heterocycles. The van der Waals surface area contributed by atoms with Gasteiger partial charge < -0.3 is 9.21 Å². The van der Waals surface area contributed by atoms with Crippen molar-refractivity contribution in [3.8, 4) is 0 Å². The van der Waals surface area contributed by atoms with Crippen molar-refractivity contribution in [2.24, 2.45) is 5.92 Å². The van der Waals surface area contributed by atoms with Crippen LogP contribution in [0.5, 0.6) is 0 Å². The summed E-state index contributed by atoms with van der Waals surface area (Å²) >= 11 is 0. The van der Waals surface area contributed by atoms with Crippen molar-refractivity contribution < 1.29 is 9.21 Å². The smallest absolute Gasteiger partial charge is 0.134 e. The van der Waals surface area contributed by atoms with Crippen LogP contribution in [0.3, 0.4) is 0 Å². The summed E-state index contributed by atoms with van der Waals surface area (Å²) in [5.74, 6) is 0.904. The zero-order valence-corrected chi connectivity index (χ0v) is 8.99. The maximum Gasteiger partial charge on any atom is 0.134 e. The molecular formula is C13H14O2. The first-order valence-electron chi connectivity index (χ1n) is 5.13. The van der Waals surface area contributed by atoms with E-state index >= 15 is 0 Å².